The molecule has 1 saturated carbocycles. The van der Waals surface area contributed by atoms with Gasteiger partial charge in [0, 0.05) is 0 Å². The van der Waals surface area contributed by atoms with Crippen LogP contribution < -0.4 is 0 Å². The minimum absolute atomic E-state index is 0.262. The lowest BCUT2D eigenvalue weighted by Crippen LogP contribution is -2.17. The Balaban J connectivity index is 2.42. The molecule has 1 fully saturated rings. The number of alkyl halides is 1. The molecule has 0 aromatic rings. The molecule has 0 aromatic heterocycles. The summed E-state index contributed by atoms with van der Waals surface area (Å²) in [5.41, 5.74) is 0.355. The van der Waals surface area contributed by atoms with Crippen LogP contribution in [0.1, 0.15) is 33.6 Å². The van der Waals surface area contributed by atoms with E-state index in [1.165, 1.54) is 12.8 Å². The molecule has 1 aliphatic rings. The van der Waals surface area contributed by atoms with Crippen molar-refractivity contribution < 1.29 is 4.39 Å². The molecular formula is C8H15F. The molecule has 0 saturated heterocycles. The summed E-state index contributed by atoms with van der Waals surface area (Å²) in [4.78, 5) is 0. The normalized spacial score (nSPS) is 29.3. The van der Waals surface area contributed by atoms with Gasteiger partial charge in [0.05, 0.1) is 0 Å². The molecule has 0 bridgehead atoms. The van der Waals surface area contributed by atoms with E-state index in [0.29, 0.717) is 5.41 Å². The Bertz CT molecular complexity index is 103. The maximum Gasteiger partial charge on any atom is 0.100 e. The topological polar surface area (TPSA) is 0 Å². The summed E-state index contributed by atoms with van der Waals surface area (Å²) >= 11 is 0. The second kappa shape index (κ2) is 1.96. The van der Waals surface area contributed by atoms with E-state index in [9.17, 15) is 4.39 Å². The average Bonchev–Trinajstić information content (AvgIpc) is 2.47. The Labute approximate surface area is 56.5 Å². The fraction of sp³-hybridized carbons (Fsp3) is 1.00. The SMILES string of the molecule is CC(F)C(C)C1(C)CC1. The highest BCUT2D eigenvalue weighted by Crippen LogP contribution is 2.52. The van der Waals surface area contributed by atoms with Gasteiger partial charge in [0.2, 0.25) is 0 Å². The van der Waals surface area contributed by atoms with Crippen LogP contribution in [0.5, 0.6) is 0 Å². The first kappa shape index (κ1) is 7.04. The fourth-order valence-corrected chi connectivity index (χ4v) is 1.21. The first-order valence-electron chi connectivity index (χ1n) is 3.70. The van der Waals surface area contributed by atoms with E-state index in [2.05, 4.69) is 6.92 Å². The predicted molar refractivity (Wildman–Crippen MR) is 37.1 cm³/mol. The highest BCUT2D eigenvalue weighted by Gasteiger charge is 2.44. The molecule has 0 aromatic carbocycles. The number of rotatable bonds is 2. The van der Waals surface area contributed by atoms with Crippen LogP contribution in [0.2, 0.25) is 0 Å². The molecule has 54 valence electrons. The van der Waals surface area contributed by atoms with Gasteiger partial charge >= 0.3 is 0 Å². The number of hydrogen-bond acceptors (Lipinski definition) is 0. The van der Waals surface area contributed by atoms with E-state index in [1.807, 2.05) is 6.92 Å². The van der Waals surface area contributed by atoms with Gasteiger partial charge in [-0.2, -0.15) is 0 Å². The minimum Gasteiger partial charge on any atom is -0.247 e. The van der Waals surface area contributed by atoms with Crippen molar-refractivity contribution in [3.63, 3.8) is 0 Å². The molecule has 2 atom stereocenters. The highest BCUT2D eigenvalue weighted by atomic mass is 19.1. The van der Waals surface area contributed by atoms with Gasteiger partial charge < -0.3 is 0 Å². The first-order valence-corrected chi connectivity index (χ1v) is 3.70. The fourth-order valence-electron chi connectivity index (χ4n) is 1.21. The summed E-state index contributed by atoms with van der Waals surface area (Å²) in [7, 11) is 0. The van der Waals surface area contributed by atoms with Crippen LogP contribution >= 0.6 is 0 Å². The van der Waals surface area contributed by atoms with Gasteiger partial charge in [-0.1, -0.05) is 13.8 Å². The second-order valence-corrected chi connectivity index (χ2v) is 3.62. The van der Waals surface area contributed by atoms with E-state index in [-0.39, 0.29) is 5.92 Å². The molecule has 0 heterocycles. The summed E-state index contributed by atoms with van der Waals surface area (Å²) in [6, 6.07) is 0. The first-order chi connectivity index (χ1) is 4.06. The molecule has 0 nitrogen and oxygen atoms in total. The zero-order chi connectivity index (χ0) is 7.07. The van der Waals surface area contributed by atoms with Crippen LogP contribution in [0, 0.1) is 11.3 Å². The summed E-state index contributed by atoms with van der Waals surface area (Å²) < 4.78 is 12.6. The van der Waals surface area contributed by atoms with Gasteiger partial charge in [-0.05, 0) is 31.1 Å². The van der Waals surface area contributed by atoms with Crippen molar-refractivity contribution in [1.82, 2.24) is 0 Å². The van der Waals surface area contributed by atoms with Crippen molar-refractivity contribution in [2.24, 2.45) is 11.3 Å². The Morgan fingerprint density at radius 1 is 1.33 bits per heavy atom. The predicted octanol–water partition coefficient (Wildman–Crippen LogP) is 2.78. The average molecular weight is 130 g/mol. The maximum absolute atomic E-state index is 12.6. The minimum atomic E-state index is -0.627. The van der Waals surface area contributed by atoms with Gasteiger partial charge in [0.1, 0.15) is 6.17 Å². The molecule has 0 spiro atoms. The molecule has 1 rings (SSSR count). The molecule has 1 aliphatic carbocycles. The Kier molecular flexibility index (Phi) is 1.54. The molecule has 9 heavy (non-hydrogen) atoms. The third-order valence-electron chi connectivity index (χ3n) is 2.83. The second-order valence-electron chi connectivity index (χ2n) is 3.62. The summed E-state index contributed by atoms with van der Waals surface area (Å²) in [6.07, 6.45) is 1.82. The van der Waals surface area contributed by atoms with Crippen molar-refractivity contribution >= 4 is 0 Å². The highest BCUT2D eigenvalue weighted by molar-refractivity contribution is 4.94. The molecule has 0 N–H and O–H groups in total. The van der Waals surface area contributed by atoms with Crippen molar-refractivity contribution in [1.29, 1.82) is 0 Å². The zero-order valence-corrected chi connectivity index (χ0v) is 6.45. The molecule has 0 aliphatic heterocycles. The maximum atomic E-state index is 12.6. The molecule has 2 unspecified atom stereocenters. The van der Waals surface area contributed by atoms with Crippen molar-refractivity contribution in [3.05, 3.63) is 0 Å². The van der Waals surface area contributed by atoms with Gasteiger partial charge in [-0.25, -0.2) is 4.39 Å². The third-order valence-corrected chi connectivity index (χ3v) is 2.83. The monoisotopic (exact) mass is 130 g/mol. The standard InChI is InChI=1S/C8H15F/c1-6(7(2)9)8(3)4-5-8/h6-7H,4-5H2,1-3H3. The van der Waals surface area contributed by atoms with E-state index < -0.39 is 6.17 Å². The van der Waals surface area contributed by atoms with Crippen molar-refractivity contribution in [3.8, 4) is 0 Å². The molecule has 1 heteroatoms. The van der Waals surface area contributed by atoms with Gasteiger partial charge in [-0.15, -0.1) is 0 Å². The summed E-state index contributed by atoms with van der Waals surface area (Å²) in [5, 5.41) is 0. The van der Waals surface area contributed by atoms with Crippen molar-refractivity contribution in [2.75, 3.05) is 0 Å². The van der Waals surface area contributed by atoms with Crippen LogP contribution in [0.3, 0.4) is 0 Å². The van der Waals surface area contributed by atoms with Gasteiger partial charge in [0.25, 0.3) is 0 Å². The Hall–Kier alpha value is -0.0700. The smallest absolute Gasteiger partial charge is 0.100 e. The third kappa shape index (κ3) is 1.25. The summed E-state index contributed by atoms with van der Waals surface area (Å²) in [6.45, 7) is 5.85. The number of halogens is 1. The van der Waals surface area contributed by atoms with E-state index in [1.54, 1.807) is 6.92 Å². The largest absolute Gasteiger partial charge is 0.247 e. The molecule has 0 amide bonds. The quantitative estimate of drug-likeness (QED) is 0.539. The van der Waals surface area contributed by atoms with Crippen LogP contribution in [-0.4, -0.2) is 6.17 Å². The lowest BCUT2D eigenvalue weighted by atomic mass is 9.89. The van der Waals surface area contributed by atoms with Crippen molar-refractivity contribution in [2.45, 2.75) is 39.8 Å². The van der Waals surface area contributed by atoms with E-state index in [4.69, 9.17) is 0 Å². The van der Waals surface area contributed by atoms with Crippen LogP contribution in [-0.2, 0) is 0 Å². The Morgan fingerprint density at radius 2 is 1.78 bits per heavy atom. The van der Waals surface area contributed by atoms with Crippen LogP contribution in [0.15, 0.2) is 0 Å². The lowest BCUT2D eigenvalue weighted by molar-refractivity contribution is 0.192. The van der Waals surface area contributed by atoms with Crippen LogP contribution in [0.25, 0.3) is 0 Å². The molecule has 0 radical (unpaired) electrons. The number of hydrogen-bond donors (Lipinski definition) is 0. The lowest BCUT2D eigenvalue weighted by Gasteiger charge is -2.19. The van der Waals surface area contributed by atoms with E-state index in [0.717, 1.165) is 0 Å². The zero-order valence-electron chi connectivity index (χ0n) is 6.45. The van der Waals surface area contributed by atoms with Crippen LogP contribution in [0.4, 0.5) is 4.39 Å². The van der Waals surface area contributed by atoms with Gasteiger partial charge in [-0.3, -0.25) is 0 Å². The Morgan fingerprint density at radius 3 is 1.89 bits per heavy atom. The van der Waals surface area contributed by atoms with Gasteiger partial charge in [0.15, 0.2) is 0 Å². The summed E-state index contributed by atoms with van der Waals surface area (Å²) in [5.74, 6) is 0.262. The molecular weight excluding hydrogens is 115 g/mol. The van der Waals surface area contributed by atoms with E-state index >= 15 is 0 Å².